The number of halogens is 1. The molecule has 0 aromatic heterocycles. The lowest BCUT2D eigenvalue weighted by Crippen LogP contribution is -2.57. The molecule has 3 fully saturated rings. The van der Waals surface area contributed by atoms with Gasteiger partial charge in [-0.05, 0) is 46.7 Å². The van der Waals surface area contributed by atoms with Crippen LogP contribution >= 0.6 is 24.0 Å². The number of nitrogens with one attached hydrogen (secondary N) is 2. The van der Waals surface area contributed by atoms with E-state index < -0.39 is 0 Å². The number of ether oxygens (including phenoxy) is 2. The summed E-state index contributed by atoms with van der Waals surface area (Å²) in [4.78, 5) is 10.1. The summed E-state index contributed by atoms with van der Waals surface area (Å²) in [6.07, 6.45) is 8.78. The van der Waals surface area contributed by atoms with E-state index in [1.807, 2.05) is 0 Å². The number of likely N-dealkylation sites (N-methyl/N-ethyl adjacent to an activating group) is 1. The van der Waals surface area contributed by atoms with Crippen molar-refractivity contribution in [1.82, 2.24) is 20.4 Å². The van der Waals surface area contributed by atoms with Gasteiger partial charge in [-0.1, -0.05) is 19.3 Å². The molecule has 2 heterocycles. The van der Waals surface area contributed by atoms with Gasteiger partial charge >= 0.3 is 0 Å². The topological polar surface area (TPSA) is 61.4 Å². The molecule has 1 saturated carbocycles. The van der Waals surface area contributed by atoms with Crippen molar-refractivity contribution in [3.63, 3.8) is 0 Å². The quantitative estimate of drug-likeness (QED) is 0.275. The predicted molar refractivity (Wildman–Crippen MR) is 139 cm³/mol. The van der Waals surface area contributed by atoms with Crippen LogP contribution in [0.25, 0.3) is 0 Å². The zero-order valence-electron chi connectivity index (χ0n) is 20.1. The molecule has 182 valence electrons. The molecular weight excluding hydrogens is 505 g/mol. The Hall–Kier alpha value is -0.160. The SMILES string of the molecule is CCNC(=NCC1(CN2CCOCC2)CCCCC1)NCC1(N(C)C)CCOCC1.I. The van der Waals surface area contributed by atoms with Gasteiger partial charge in [-0.25, -0.2) is 0 Å². The van der Waals surface area contributed by atoms with E-state index in [0.717, 1.165) is 84.5 Å². The molecule has 0 amide bonds. The zero-order chi connectivity index (χ0) is 21.3. The van der Waals surface area contributed by atoms with E-state index in [-0.39, 0.29) is 29.5 Å². The Bertz CT molecular complexity index is 528. The second kappa shape index (κ2) is 13.5. The molecule has 2 N–H and O–H groups in total. The Morgan fingerprint density at radius 1 is 0.935 bits per heavy atom. The van der Waals surface area contributed by atoms with Crippen molar-refractivity contribution in [1.29, 1.82) is 0 Å². The van der Waals surface area contributed by atoms with Gasteiger partial charge in [0.15, 0.2) is 5.96 Å². The summed E-state index contributed by atoms with van der Waals surface area (Å²) in [6, 6.07) is 0. The Kier molecular flexibility index (Phi) is 11.8. The first-order valence-corrected chi connectivity index (χ1v) is 12.2. The average Bonchev–Trinajstić information content (AvgIpc) is 2.77. The van der Waals surface area contributed by atoms with Crippen LogP contribution in [0.1, 0.15) is 51.9 Å². The minimum atomic E-state index is 0. The molecule has 2 aliphatic heterocycles. The van der Waals surface area contributed by atoms with Crippen molar-refractivity contribution >= 4 is 29.9 Å². The lowest BCUT2D eigenvalue weighted by molar-refractivity contribution is -0.00504. The van der Waals surface area contributed by atoms with Crippen molar-refractivity contribution in [3.05, 3.63) is 0 Å². The summed E-state index contributed by atoms with van der Waals surface area (Å²) >= 11 is 0. The molecule has 2 saturated heterocycles. The lowest BCUT2D eigenvalue weighted by atomic mass is 9.73. The van der Waals surface area contributed by atoms with E-state index in [9.17, 15) is 0 Å². The van der Waals surface area contributed by atoms with Gasteiger partial charge in [-0.3, -0.25) is 9.89 Å². The van der Waals surface area contributed by atoms with Crippen LogP contribution in [-0.4, -0.2) is 101 Å². The summed E-state index contributed by atoms with van der Waals surface area (Å²) in [5.74, 6) is 0.970. The molecule has 0 aromatic carbocycles. The number of hydrogen-bond acceptors (Lipinski definition) is 5. The van der Waals surface area contributed by atoms with E-state index in [2.05, 4.69) is 41.5 Å². The van der Waals surface area contributed by atoms with Crippen LogP contribution in [0.5, 0.6) is 0 Å². The first kappa shape index (κ1) is 27.1. The third-order valence-electron chi connectivity index (χ3n) is 7.45. The molecule has 8 heteroatoms. The fourth-order valence-electron chi connectivity index (χ4n) is 5.27. The third kappa shape index (κ3) is 7.98. The highest BCUT2D eigenvalue weighted by molar-refractivity contribution is 14.0. The number of nitrogens with zero attached hydrogens (tertiary/aromatic N) is 3. The van der Waals surface area contributed by atoms with Crippen molar-refractivity contribution in [2.75, 3.05) is 79.8 Å². The van der Waals surface area contributed by atoms with Crippen LogP contribution in [0.4, 0.5) is 0 Å². The van der Waals surface area contributed by atoms with E-state index >= 15 is 0 Å². The molecule has 0 bridgehead atoms. The number of rotatable bonds is 8. The molecule has 7 nitrogen and oxygen atoms in total. The Labute approximate surface area is 207 Å². The maximum absolute atomic E-state index is 5.63. The van der Waals surface area contributed by atoms with Gasteiger partial charge in [0.25, 0.3) is 0 Å². The van der Waals surface area contributed by atoms with Crippen molar-refractivity contribution in [2.24, 2.45) is 10.4 Å². The molecule has 0 atom stereocenters. The standard InChI is InChI=1S/C23H45N5O2.HI/c1-4-24-21(26-19-23(27(2)3)10-14-29-15-11-23)25-18-22(8-6-5-7-9-22)20-28-12-16-30-17-13-28;/h4-20H2,1-3H3,(H2,24,25,26);1H. The smallest absolute Gasteiger partial charge is 0.191 e. The fraction of sp³-hybridized carbons (Fsp3) is 0.957. The fourth-order valence-corrected chi connectivity index (χ4v) is 5.27. The zero-order valence-corrected chi connectivity index (χ0v) is 22.4. The highest BCUT2D eigenvalue weighted by Gasteiger charge is 2.36. The highest BCUT2D eigenvalue weighted by Crippen LogP contribution is 2.37. The van der Waals surface area contributed by atoms with Crippen LogP contribution in [0.2, 0.25) is 0 Å². The molecule has 0 spiro atoms. The van der Waals surface area contributed by atoms with Gasteiger partial charge in [0.2, 0.25) is 0 Å². The van der Waals surface area contributed by atoms with Gasteiger partial charge < -0.3 is 25.0 Å². The van der Waals surface area contributed by atoms with Crippen molar-refractivity contribution in [3.8, 4) is 0 Å². The van der Waals surface area contributed by atoms with E-state index in [4.69, 9.17) is 14.5 Å². The van der Waals surface area contributed by atoms with Gasteiger partial charge in [0, 0.05) is 63.4 Å². The highest BCUT2D eigenvalue weighted by atomic mass is 127. The van der Waals surface area contributed by atoms with Gasteiger partial charge in [-0.15, -0.1) is 24.0 Å². The molecular formula is C23H46IN5O2. The summed E-state index contributed by atoms with van der Waals surface area (Å²) < 4.78 is 11.2. The van der Waals surface area contributed by atoms with Gasteiger partial charge in [0.05, 0.1) is 13.2 Å². The number of guanidine groups is 1. The molecule has 0 unspecified atom stereocenters. The van der Waals surface area contributed by atoms with Crippen LogP contribution in [0, 0.1) is 5.41 Å². The second-order valence-electron chi connectivity index (χ2n) is 9.73. The first-order chi connectivity index (χ1) is 14.6. The number of hydrogen-bond donors (Lipinski definition) is 2. The van der Waals surface area contributed by atoms with Crippen molar-refractivity contribution < 1.29 is 9.47 Å². The molecule has 3 rings (SSSR count). The molecule has 31 heavy (non-hydrogen) atoms. The maximum atomic E-state index is 5.63. The summed E-state index contributed by atoms with van der Waals surface area (Å²) in [6.45, 7) is 11.6. The predicted octanol–water partition coefficient (Wildman–Crippen LogP) is 2.55. The Morgan fingerprint density at radius 3 is 2.19 bits per heavy atom. The normalized spacial score (nSPS) is 24.5. The maximum Gasteiger partial charge on any atom is 0.191 e. The van der Waals surface area contributed by atoms with E-state index in [0.29, 0.717) is 5.41 Å². The van der Waals surface area contributed by atoms with Crippen LogP contribution in [0.3, 0.4) is 0 Å². The van der Waals surface area contributed by atoms with E-state index in [1.165, 1.54) is 32.1 Å². The Balaban J connectivity index is 0.00000341. The van der Waals surface area contributed by atoms with Crippen LogP contribution < -0.4 is 10.6 Å². The first-order valence-electron chi connectivity index (χ1n) is 12.2. The molecule has 0 radical (unpaired) electrons. The van der Waals surface area contributed by atoms with Gasteiger partial charge in [-0.2, -0.15) is 0 Å². The third-order valence-corrected chi connectivity index (χ3v) is 7.45. The Morgan fingerprint density at radius 2 is 1.58 bits per heavy atom. The number of aliphatic imine (C=N–C) groups is 1. The molecule has 3 aliphatic rings. The van der Waals surface area contributed by atoms with E-state index in [1.54, 1.807) is 0 Å². The largest absolute Gasteiger partial charge is 0.381 e. The average molecular weight is 552 g/mol. The minimum Gasteiger partial charge on any atom is -0.381 e. The summed E-state index contributed by atoms with van der Waals surface area (Å²) in [5, 5.41) is 7.18. The molecule has 0 aromatic rings. The summed E-state index contributed by atoms with van der Waals surface area (Å²) in [7, 11) is 4.38. The van der Waals surface area contributed by atoms with Crippen molar-refractivity contribution in [2.45, 2.75) is 57.4 Å². The van der Waals surface area contributed by atoms with Crippen LogP contribution in [0.15, 0.2) is 4.99 Å². The van der Waals surface area contributed by atoms with Gasteiger partial charge in [0.1, 0.15) is 0 Å². The molecule has 1 aliphatic carbocycles. The summed E-state index contributed by atoms with van der Waals surface area (Å²) in [5.41, 5.74) is 0.459. The monoisotopic (exact) mass is 551 g/mol. The van der Waals surface area contributed by atoms with Crippen LogP contribution in [-0.2, 0) is 9.47 Å². The lowest BCUT2D eigenvalue weighted by Gasteiger charge is -2.43. The second-order valence-corrected chi connectivity index (χ2v) is 9.73. The number of morpholine rings is 1. The minimum absolute atomic E-state index is 0.